The Hall–Kier alpha value is -4.70. The lowest BCUT2D eigenvalue weighted by atomic mass is 9.67. The topological polar surface area (TPSA) is 36.9 Å². The molecule has 0 aromatic heterocycles. The number of ether oxygens (including phenoxy) is 4. The van der Waals surface area contributed by atoms with E-state index in [9.17, 15) is 0 Å². The van der Waals surface area contributed by atoms with Crippen LogP contribution in [0.4, 0.5) is 0 Å². The van der Waals surface area contributed by atoms with Crippen molar-refractivity contribution in [3.8, 4) is 22.3 Å². The maximum absolute atomic E-state index is 7.40. The van der Waals surface area contributed by atoms with Gasteiger partial charge >= 0.3 is 5.79 Å². The van der Waals surface area contributed by atoms with Gasteiger partial charge in [0, 0.05) is 39.5 Å². The third-order valence-corrected chi connectivity index (χ3v) is 14.5. The van der Waals surface area contributed by atoms with Crippen molar-refractivity contribution in [3.05, 3.63) is 152 Å². The molecule has 270 valence electrons. The zero-order valence-electron chi connectivity index (χ0n) is 32.5. The molecular weight excluding hydrogens is 653 g/mol. The minimum atomic E-state index is -0.993. The molecule has 1 fully saturated rings. The normalized spacial score (nSPS) is 22.6. The summed E-state index contributed by atoms with van der Waals surface area (Å²) >= 11 is 0. The van der Waals surface area contributed by atoms with Crippen LogP contribution in [0.1, 0.15) is 114 Å². The Morgan fingerprint density at radius 1 is 0.547 bits per heavy atom. The number of hydrogen-bond donors (Lipinski definition) is 0. The van der Waals surface area contributed by atoms with Crippen molar-refractivity contribution in [2.45, 2.75) is 111 Å². The molecule has 4 aromatic carbocycles. The lowest BCUT2D eigenvalue weighted by Crippen LogP contribution is -2.41. The molecule has 6 aliphatic rings. The molecule has 0 unspecified atom stereocenters. The fourth-order valence-electron chi connectivity index (χ4n) is 11.2. The SMILES string of the molecule is CC1=C(C)OC2(O1)c1ccc(CC3=C(C)C(C)(C)C4(O3)c3ccccc3-c3ccccc34)cc1-c1c(CC3=C(C)OC4(CCCC4)C3(C)C)cccc12. The van der Waals surface area contributed by atoms with Crippen LogP contribution in [0.15, 0.2) is 119 Å². The highest BCUT2D eigenvalue weighted by Crippen LogP contribution is 2.65. The zero-order valence-corrected chi connectivity index (χ0v) is 32.5. The van der Waals surface area contributed by atoms with Crippen molar-refractivity contribution in [3.63, 3.8) is 0 Å². The van der Waals surface area contributed by atoms with Gasteiger partial charge in [0.25, 0.3) is 0 Å². The third-order valence-electron chi connectivity index (χ3n) is 14.5. The van der Waals surface area contributed by atoms with Crippen LogP contribution in [-0.4, -0.2) is 5.60 Å². The molecule has 3 heterocycles. The second kappa shape index (κ2) is 10.7. The molecular formula is C49H50O4. The minimum absolute atomic E-state index is 0.0452. The monoisotopic (exact) mass is 702 g/mol. The Bertz CT molecular complexity index is 2300. The molecule has 53 heavy (non-hydrogen) atoms. The Morgan fingerprint density at radius 3 is 1.83 bits per heavy atom. The summed E-state index contributed by atoms with van der Waals surface area (Å²) in [5.74, 6) is 2.82. The first-order chi connectivity index (χ1) is 25.3. The lowest BCUT2D eigenvalue weighted by Gasteiger charge is -2.40. The highest BCUT2D eigenvalue weighted by molar-refractivity contribution is 5.84. The first-order valence-corrected chi connectivity index (χ1v) is 19.6. The Kier molecular flexibility index (Phi) is 6.65. The van der Waals surface area contributed by atoms with Crippen LogP contribution < -0.4 is 0 Å². The maximum atomic E-state index is 7.40. The smallest absolute Gasteiger partial charge is 0.306 e. The van der Waals surface area contributed by atoms with Crippen molar-refractivity contribution < 1.29 is 18.9 Å². The van der Waals surface area contributed by atoms with E-state index in [1.54, 1.807) is 0 Å². The van der Waals surface area contributed by atoms with Gasteiger partial charge in [-0.05, 0) is 110 Å². The Morgan fingerprint density at radius 2 is 1.17 bits per heavy atom. The molecule has 0 bridgehead atoms. The van der Waals surface area contributed by atoms with Crippen molar-refractivity contribution in [1.82, 2.24) is 0 Å². The summed E-state index contributed by atoms with van der Waals surface area (Å²) in [6, 6.07) is 31.2. The van der Waals surface area contributed by atoms with E-state index in [1.807, 2.05) is 13.8 Å². The maximum Gasteiger partial charge on any atom is 0.306 e. The van der Waals surface area contributed by atoms with E-state index in [2.05, 4.69) is 126 Å². The zero-order chi connectivity index (χ0) is 36.7. The molecule has 0 radical (unpaired) electrons. The predicted molar refractivity (Wildman–Crippen MR) is 210 cm³/mol. The quantitative estimate of drug-likeness (QED) is 0.212. The van der Waals surface area contributed by atoms with Crippen LogP contribution in [0.3, 0.4) is 0 Å². The average Bonchev–Trinajstić information content (AvgIpc) is 3.94. The van der Waals surface area contributed by atoms with Crippen molar-refractivity contribution in [2.24, 2.45) is 10.8 Å². The van der Waals surface area contributed by atoms with Gasteiger partial charge in [-0.25, -0.2) is 0 Å². The van der Waals surface area contributed by atoms with Gasteiger partial charge in [-0.15, -0.1) is 0 Å². The van der Waals surface area contributed by atoms with E-state index < -0.39 is 11.4 Å². The number of benzene rings is 4. The summed E-state index contributed by atoms with van der Waals surface area (Å²) in [7, 11) is 0. The second-order valence-corrected chi connectivity index (χ2v) is 17.5. The largest absolute Gasteiger partial charge is 0.491 e. The predicted octanol–water partition coefficient (Wildman–Crippen LogP) is 12.1. The highest BCUT2D eigenvalue weighted by Gasteiger charge is 2.61. The number of fused-ring (bicyclic) bond motifs is 10. The molecule has 3 spiro atoms. The van der Waals surface area contributed by atoms with Crippen LogP contribution >= 0.6 is 0 Å². The Balaban J connectivity index is 1.07. The number of rotatable bonds is 4. The summed E-state index contributed by atoms with van der Waals surface area (Å²) < 4.78 is 27.8. The first kappa shape index (κ1) is 32.9. The van der Waals surface area contributed by atoms with Gasteiger partial charge in [-0.1, -0.05) is 107 Å². The van der Waals surface area contributed by atoms with Crippen LogP contribution in [0.2, 0.25) is 0 Å². The van der Waals surface area contributed by atoms with Gasteiger partial charge in [0.2, 0.25) is 0 Å². The van der Waals surface area contributed by atoms with Crippen molar-refractivity contribution >= 4 is 0 Å². The summed E-state index contributed by atoms with van der Waals surface area (Å²) in [6.07, 6.45) is 6.26. The second-order valence-electron chi connectivity index (χ2n) is 17.5. The van der Waals surface area contributed by atoms with Crippen LogP contribution in [0.25, 0.3) is 22.3 Å². The Labute approximate surface area is 314 Å². The molecule has 3 aliphatic carbocycles. The number of hydrogen-bond acceptors (Lipinski definition) is 4. The van der Waals surface area contributed by atoms with E-state index in [0.29, 0.717) is 6.42 Å². The van der Waals surface area contributed by atoms with Gasteiger partial charge in [-0.3, -0.25) is 0 Å². The molecule has 0 saturated heterocycles. The summed E-state index contributed by atoms with van der Waals surface area (Å²) in [5, 5.41) is 0. The molecule has 0 N–H and O–H groups in total. The van der Waals surface area contributed by atoms with E-state index in [1.165, 1.54) is 68.5 Å². The minimum Gasteiger partial charge on any atom is -0.491 e. The first-order valence-electron chi connectivity index (χ1n) is 19.6. The summed E-state index contributed by atoms with van der Waals surface area (Å²) in [5.41, 5.74) is 13.9. The molecule has 0 amide bonds. The molecule has 0 atom stereocenters. The van der Waals surface area contributed by atoms with Crippen LogP contribution in [0.5, 0.6) is 0 Å². The molecule has 4 aromatic rings. The van der Waals surface area contributed by atoms with Gasteiger partial charge in [0.15, 0.2) is 5.60 Å². The summed E-state index contributed by atoms with van der Waals surface area (Å²) in [4.78, 5) is 0. The third kappa shape index (κ3) is 4.02. The molecule has 10 rings (SSSR count). The average molecular weight is 703 g/mol. The van der Waals surface area contributed by atoms with Crippen LogP contribution in [0, 0.1) is 10.8 Å². The van der Waals surface area contributed by atoms with Gasteiger partial charge < -0.3 is 18.9 Å². The van der Waals surface area contributed by atoms with E-state index in [-0.39, 0.29) is 16.4 Å². The molecule has 4 heteroatoms. The fraction of sp³-hybridized carbons (Fsp3) is 0.388. The number of allylic oxidation sites excluding steroid dienone is 4. The van der Waals surface area contributed by atoms with E-state index in [4.69, 9.17) is 18.9 Å². The molecule has 4 nitrogen and oxygen atoms in total. The van der Waals surface area contributed by atoms with Crippen molar-refractivity contribution in [1.29, 1.82) is 0 Å². The summed E-state index contributed by atoms with van der Waals surface area (Å²) in [6.45, 7) is 18.0. The van der Waals surface area contributed by atoms with Gasteiger partial charge in [0.05, 0.1) is 5.76 Å². The van der Waals surface area contributed by atoms with E-state index in [0.717, 1.165) is 53.4 Å². The van der Waals surface area contributed by atoms with E-state index >= 15 is 0 Å². The van der Waals surface area contributed by atoms with Crippen LogP contribution in [-0.2, 0) is 43.2 Å². The van der Waals surface area contributed by atoms with Gasteiger partial charge in [0.1, 0.15) is 22.9 Å². The standard InChI is InChI=1S/C49H50O4/c1-29-43(53-48(45(29,5)6)38-19-11-9-17-35(38)36-18-10-12-20-39(36)48)27-33-22-23-40-37(26-33)44-34(16-15-21-41(44)49(40)51-30(2)31(3)52-49)28-42-32(4)50-47(46(42,7)8)24-13-14-25-47/h9-12,15-23,26H,13-14,24-25,27-28H2,1-8H3. The fourth-order valence-corrected chi connectivity index (χ4v) is 11.2. The molecule has 3 aliphatic heterocycles. The molecule has 1 saturated carbocycles. The lowest BCUT2D eigenvalue weighted by molar-refractivity contribution is -0.122. The van der Waals surface area contributed by atoms with Crippen molar-refractivity contribution in [2.75, 3.05) is 0 Å². The van der Waals surface area contributed by atoms with Gasteiger partial charge in [-0.2, -0.15) is 0 Å². The highest BCUT2D eigenvalue weighted by atomic mass is 16.7.